The topological polar surface area (TPSA) is 67.4 Å². The summed E-state index contributed by atoms with van der Waals surface area (Å²) in [7, 11) is 3.91. The van der Waals surface area contributed by atoms with Crippen molar-refractivity contribution in [1.82, 2.24) is 24.7 Å². The Hall–Kier alpha value is -1.86. The van der Waals surface area contributed by atoms with Crippen LogP contribution in [-0.4, -0.2) is 63.9 Å². The zero-order chi connectivity index (χ0) is 22.1. The van der Waals surface area contributed by atoms with E-state index in [4.69, 9.17) is 16.1 Å². The van der Waals surface area contributed by atoms with Crippen LogP contribution in [0.3, 0.4) is 0 Å². The van der Waals surface area contributed by atoms with Crippen molar-refractivity contribution < 1.29 is 9.32 Å². The summed E-state index contributed by atoms with van der Waals surface area (Å²) in [6, 6.07) is 1.78. The number of carbonyl (C=O) groups is 1. The van der Waals surface area contributed by atoms with E-state index in [0.717, 1.165) is 45.4 Å². The van der Waals surface area contributed by atoms with E-state index < -0.39 is 0 Å². The first-order valence-corrected chi connectivity index (χ1v) is 11.1. The van der Waals surface area contributed by atoms with Gasteiger partial charge in [0.25, 0.3) is 5.91 Å². The summed E-state index contributed by atoms with van der Waals surface area (Å²) in [6.07, 6.45) is 3.30. The lowest BCUT2D eigenvalue weighted by Crippen LogP contribution is -2.43. The van der Waals surface area contributed by atoms with Gasteiger partial charge in [0.2, 0.25) is 0 Å². The van der Waals surface area contributed by atoms with Gasteiger partial charge in [-0.15, -0.1) is 0 Å². The molecule has 1 atom stereocenters. The second-order valence-corrected chi connectivity index (χ2v) is 10.2. The number of rotatable bonds is 6. The van der Waals surface area contributed by atoms with E-state index in [1.165, 1.54) is 4.68 Å². The van der Waals surface area contributed by atoms with Gasteiger partial charge >= 0.3 is 0 Å². The molecule has 7 nitrogen and oxygen atoms in total. The van der Waals surface area contributed by atoms with Gasteiger partial charge in [0.1, 0.15) is 27.9 Å². The molecule has 2 aromatic rings. The van der Waals surface area contributed by atoms with Gasteiger partial charge in [-0.1, -0.05) is 37.5 Å². The Morgan fingerprint density at radius 1 is 1.40 bits per heavy atom. The number of likely N-dealkylation sites (tertiary alicyclic amines) is 1. The third kappa shape index (κ3) is 5.43. The number of aryl methyl sites for hydroxylation is 2. The Balaban J connectivity index is 1.71. The lowest BCUT2D eigenvalue weighted by molar-refractivity contribution is 0.0646. The molecule has 1 saturated heterocycles. The molecule has 3 rings (SSSR count). The number of halogens is 1. The number of nitrogens with zero attached hydrogens (tertiary/aromatic N) is 5. The van der Waals surface area contributed by atoms with Gasteiger partial charge in [-0.2, -0.15) is 5.10 Å². The zero-order valence-electron chi connectivity index (χ0n) is 19.0. The fourth-order valence-corrected chi connectivity index (χ4v) is 4.17. The van der Waals surface area contributed by atoms with Crippen molar-refractivity contribution in [3.05, 3.63) is 22.5 Å². The van der Waals surface area contributed by atoms with E-state index in [1.54, 1.807) is 13.1 Å². The van der Waals surface area contributed by atoms with Crippen molar-refractivity contribution in [2.75, 3.05) is 33.2 Å². The smallest absolute Gasteiger partial charge is 0.259 e. The monoisotopic (exact) mass is 435 g/mol. The number of hydrogen-bond donors (Lipinski definition) is 0. The molecule has 1 unspecified atom stereocenters. The number of carbonyl (C=O) groups excluding carboxylic acids is 1. The third-order valence-corrected chi connectivity index (χ3v) is 6.11. The fraction of sp³-hybridized carbons (Fsp3) is 0.682. The Bertz CT molecular complexity index is 883. The highest BCUT2D eigenvalue weighted by atomic mass is 35.5. The van der Waals surface area contributed by atoms with Gasteiger partial charge in [-0.3, -0.25) is 9.48 Å². The van der Waals surface area contributed by atoms with E-state index in [0.29, 0.717) is 39.2 Å². The predicted molar refractivity (Wildman–Crippen MR) is 119 cm³/mol. The minimum atomic E-state index is -0.0780. The van der Waals surface area contributed by atoms with Crippen LogP contribution in [0.1, 0.15) is 56.2 Å². The molecule has 0 saturated carbocycles. The van der Waals surface area contributed by atoms with Gasteiger partial charge in [-0.25, -0.2) is 0 Å². The quantitative estimate of drug-likeness (QED) is 0.678. The van der Waals surface area contributed by atoms with Crippen LogP contribution in [0, 0.1) is 18.3 Å². The highest BCUT2D eigenvalue weighted by Crippen LogP contribution is 2.31. The first-order valence-electron chi connectivity index (χ1n) is 10.7. The predicted octanol–water partition coefficient (Wildman–Crippen LogP) is 4.26. The van der Waals surface area contributed by atoms with Crippen LogP contribution in [0.25, 0.3) is 11.4 Å². The van der Waals surface area contributed by atoms with Gasteiger partial charge < -0.3 is 14.3 Å². The van der Waals surface area contributed by atoms with E-state index >= 15 is 0 Å². The number of hydrogen-bond acceptors (Lipinski definition) is 5. The highest BCUT2D eigenvalue weighted by Gasteiger charge is 2.31. The van der Waals surface area contributed by atoms with Crippen LogP contribution < -0.4 is 0 Å². The molecule has 166 valence electrons. The van der Waals surface area contributed by atoms with E-state index in [-0.39, 0.29) is 5.91 Å². The summed E-state index contributed by atoms with van der Waals surface area (Å²) >= 11 is 6.48. The van der Waals surface area contributed by atoms with Gasteiger partial charge in [0.05, 0.1) is 0 Å². The molecule has 0 aliphatic carbocycles. The molecule has 0 radical (unpaired) electrons. The SMILES string of the molecule is Cc1cc(-c2nn(C)c(Cl)c2C(=O)N2CCCC(CN(C)CCC(C)(C)C)C2)no1. The van der Waals surface area contributed by atoms with Crippen molar-refractivity contribution in [3.8, 4) is 11.4 Å². The maximum absolute atomic E-state index is 13.4. The molecule has 1 aliphatic rings. The Labute approximate surface area is 184 Å². The Morgan fingerprint density at radius 3 is 2.77 bits per heavy atom. The largest absolute Gasteiger partial charge is 0.361 e. The summed E-state index contributed by atoms with van der Waals surface area (Å²) in [6.45, 7) is 12.2. The van der Waals surface area contributed by atoms with Crippen molar-refractivity contribution in [2.24, 2.45) is 18.4 Å². The highest BCUT2D eigenvalue weighted by molar-refractivity contribution is 6.33. The molecular weight excluding hydrogens is 402 g/mol. The van der Waals surface area contributed by atoms with Crippen molar-refractivity contribution in [1.29, 1.82) is 0 Å². The lowest BCUT2D eigenvalue weighted by atomic mass is 9.91. The lowest BCUT2D eigenvalue weighted by Gasteiger charge is -2.35. The van der Waals surface area contributed by atoms with E-state index in [1.807, 2.05) is 11.8 Å². The van der Waals surface area contributed by atoms with Crippen LogP contribution >= 0.6 is 11.6 Å². The zero-order valence-corrected chi connectivity index (χ0v) is 19.8. The molecular formula is C22H34ClN5O2. The first-order chi connectivity index (χ1) is 14.0. The van der Waals surface area contributed by atoms with Gasteiger partial charge in [0, 0.05) is 32.7 Å². The van der Waals surface area contributed by atoms with Crippen molar-refractivity contribution in [2.45, 2.75) is 47.0 Å². The van der Waals surface area contributed by atoms with Crippen LogP contribution in [0.5, 0.6) is 0 Å². The summed E-state index contributed by atoms with van der Waals surface area (Å²) in [4.78, 5) is 17.8. The molecule has 0 bridgehead atoms. The van der Waals surface area contributed by atoms with Crippen LogP contribution in [0.4, 0.5) is 0 Å². The average Bonchev–Trinajstić information content (AvgIpc) is 3.23. The van der Waals surface area contributed by atoms with E-state index in [9.17, 15) is 4.79 Å². The fourth-order valence-electron chi connectivity index (χ4n) is 3.97. The molecule has 8 heteroatoms. The second kappa shape index (κ2) is 9.10. The second-order valence-electron chi connectivity index (χ2n) is 9.79. The molecule has 0 spiro atoms. The molecule has 30 heavy (non-hydrogen) atoms. The van der Waals surface area contributed by atoms with Gasteiger partial charge in [-0.05, 0) is 51.1 Å². The standard InChI is InChI=1S/C22H34ClN5O2/c1-15-12-17(25-30-15)19-18(20(23)27(6)24-19)21(29)28-10-7-8-16(14-28)13-26(5)11-9-22(2,3)4/h12,16H,7-11,13-14H2,1-6H3. The first kappa shape index (κ1) is 22.8. The molecule has 2 aromatic heterocycles. The maximum Gasteiger partial charge on any atom is 0.259 e. The Morgan fingerprint density at radius 2 is 2.13 bits per heavy atom. The van der Waals surface area contributed by atoms with Crippen LogP contribution in [0.2, 0.25) is 5.15 Å². The van der Waals surface area contributed by atoms with Crippen LogP contribution in [0.15, 0.2) is 10.6 Å². The molecule has 0 N–H and O–H groups in total. The minimum Gasteiger partial charge on any atom is -0.361 e. The van der Waals surface area contributed by atoms with Gasteiger partial charge in [0.15, 0.2) is 0 Å². The summed E-state index contributed by atoms with van der Waals surface area (Å²) in [5.41, 5.74) is 1.76. The Kier molecular flexibility index (Phi) is 6.92. The average molecular weight is 436 g/mol. The minimum absolute atomic E-state index is 0.0780. The molecule has 1 aliphatic heterocycles. The summed E-state index contributed by atoms with van der Waals surface area (Å²) in [5, 5.41) is 8.80. The van der Waals surface area contributed by atoms with Crippen molar-refractivity contribution in [3.63, 3.8) is 0 Å². The normalized spacial score (nSPS) is 17.7. The molecule has 3 heterocycles. The number of aromatic nitrogens is 3. The van der Waals surface area contributed by atoms with Crippen molar-refractivity contribution >= 4 is 17.5 Å². The molecule has 1 amide bonds. The van der Waals surface area contributed by atoms with Crippen LogP contribution in [-0.2, 0) is 7.05 Å². The summed E-state index contributed by atoms with van der Waals surface area (Å²) in [5.74, 6) is 1.05. The number of piperidine rings is 1. The molecule has 1 fully saturated rings. The third-order valence-electron chi connectivity index (χ3n) is 5.68. The molecule has 0 aromatic carbocycles. The summed E-state index contributed by atoms with van der Waals surface area (Å²) < 4.78 is 6.71. The maximum atomic E-state index is 13.4. The number of amides is 1. The van der Waals surface area contributed by atoms with E-state index in [2.05, 4.69) is 43.0 Å².